The Morgan fingerprint density at radius 3 is 2.48 bits per heavy atom. The number of halogens is 3. The predicted molar refractivity (Wildman–Crippen MR) is 89.5 cm³/mol. The Morgan fingerprint density at radius 2 is 1.71 bits per heavy atom. The first-order valence-electron chi connectivity index (χ1n) is 6.36. The van der Waals surface area contributed by atoms with Gasteiger partial charge in [-0.05, 0) is 37.1 Å². The van der Waals surface area contributed by atoms with Crippen LogP contribution in [0.1, 0.15) is 11.1 Å². The lowest BCUT2D eigenvalue weighted by Crippen LogP contribution is -1.95. The van der Waals surface area contributed by atoms with Gasteiger partial charge in [0.1, 0.15) is 5.15 Å². The zero-order valence-electron chi connectivity index (χ0n) is 11.4. The fourth-order valence-corrected chi connectivity index (χ4v) is 2.99. The molecule has 21 heavy (non-hydrogen) atoms. The van der Waals surface area contributed by atoms with Gasteiger partial charge in [-0.1, -0.05) is 53.0 Å². The number of rotatable bonds is 1. The van der Waals surface area contributed by atoms with Gasteiger partial charge >= 0.3 is 0 Å². The highest BCUT2D eigenvalue weighted by molar-refractivity contribution is 6.41. The van der Waals surface area contributed by atoms with Crippen LogP contribution in [0, 0.1) is 13.8 Å². The van der Waals surface area contributed by atoms with Crippen molar-refractivity contribution in [3.8, 4) is 11.4 Å². The van der Waals surface area contributed by atoms with Crippen LogP contribution in [-0.4, -0.2) is 9.97 Å². The van der Waals surface area contributed by atoms with Gasteiger partial charge in [-0.25, -0.2) is 9.97 Å². The third-order valence-corrected chi connectivity index (χ3v) is 4.31. The molecule has 0 aliphatic rings. The molecular weight excluding hydrogens is 327 g/mol. The Labute approximate surface area is 137 Å². The van der Waals surface area contributed by atoms with E-state index in [4.69, 9.17) is 34.8 Å². The van der Waals surface area contributed by atoms with Gasteiger partial charge in [-0.15, -0.1) is 0 Å². The summed E-state index contributed by atoms with van der Waals surface area (Å²) in [5, 5.41) is 1.98. The van der Waals surface area contributed by atoms with E-state index in [0.717, 1.165) is 11.1 Å². The first kappa shape index (κ1) is 14.6. The van der Waals surface area contributed by atoms with E-state index in [1.807, 2.05) is 32.0 Å². The number of benzene rings is 2. The molecule has 0 aliphatic carbocycles. The van der Waals surface area contributed by atoms with Crippen LogP contribution in [0.2, 0.25) is 15.2 Å². The summed E-state index contributed by atoms with van der Waals surface area (Å²) < 4.78 is 0. The van der Waals surface area contributed by atoms with Gasteiger partial charge in [0.25, 0.3) is 0 Å². The molecule has 0 saturated carbocycles. The molecular formula is C16H11Cl3N2. The molecule has 0 saturated heterocycles. The summed E-state index contributed by atoms with van der Waals surface area (Å²) in [5.74, 6) is 0.568. The predicted octanol–water partition coefficient (Wildman–Crippen LogP) is 5.87. The molecule has 0 spiro atoms. The van der Waals surface area contributed by atoms with E-state index >= 15 is 0 Å². The smallest absolute Gasteiger partial charge is 0.161 e. The molecule has 0 atom stereocenters. The van der Waals surface area contributed by atoms with Crippen molar-refractivity contribution in [1.29, 1.82) is 0 Å². The van der Waals surface area contributed by atoms with Gasteiger partial charge in [0.05, 0.1) is 10.5 Å². The summed E-state index contributed by atoms with van der Waals surface area (Å²) in [5.41, 5.74) is 3.86. The molecule has 1 heterocycles. The second kappa shape index (κ2) is 5.45. The normalized spacial score (nSPS) is 11.1. The van der Waals surface area contributed by atoms with E-state index in [0.29, 0.717) is 31.9 Å². The Hall–Kier alpha value is -1.35. The average Bonchev–Trinajstić information content (AvgIpc) is 2.43. The first-order valence-corrected chi connectivity index (χ1v) is 7.49. The Morgan fingerprint density at radius 1 is 0.952 bits per heavy atom. The minimum Gasteiger partial charge on any atom is -0.226 e. The van der Waals surface area contributed by atoms with Crippen molar-refractivity contribution in [1.82, 2.24) is 9.97 Å². The quantitative estimate of drug-likeness (QED) is 0.519. The Bertz CT molecular complexity index is 860. The van der Waals surface area contributed by atoms with Gasteiger partial charge in [0.2, 0.25) is 0 Å². The number of aryl methyl sites for hydroxylation is 1. The van der Waals surface area contributed by atoms with E-state index in [1.165, 1.54) is 5.56 Å². The molecule has 0 amide bonds. The summed E-state index contributed by atoms with van der Waals surface area (Å²) in [7, 11) is 0. The maximum atomic E-state index is 6.28. The molecule has 2 aromatic carbocycles. The maximum absolute atomic E-state index is 6.28. The molecule has 0 unspecified atom stereocenters. The Kier molecular flexibility index (Phi) is 3.78. The first-order chi connectivity index (χ1) is 9.97. The summed E-state index contributed by atoms with van der Waals surface area (Å²) in [6.45, 7) is 4.09. The lowest BCUT2D eigenvalue weighted by atomic mass is 10.0. The fraction of sp³-hybridized carbons (Fsp3) is 0.125. The van der Waals surface area contributed by atoms with Crippen molar-refractivity contribution < 1.29 is 0 Å². The fourth-order valence-electron chi connectivity index (χ4n) is 2.23. The van der Waals surface area contributed by atoms with Gasteiger partial charge in [-0.3, -0.25) is 0 Å². The van der Waals surface area contributed by atoms with E-state index in [-0.39, 0.29) is 0 Å². The van der Waals surface area contributed by atoms with Crippen LogP contribution in [0.5, 0.6) is 0 Å². The summed E-state index contributed by atoms with van der Waals surface area (Å²) in [6, 6.07) is 9.38. The van der Waals surface area contributed by atoms with E-state index < -0.39 is 0 Å². The molecule has 3 aromatic rings. The van der Waals surface area contributed by atoms with Crippen LogP contribution in [0.15, 0.2) is 30.3 Å². The maximum Gasteiger partial charge on any atom is 0.161 e. The SMILES string of the molecule is Cc1cccc(-c2nc(Cl)c3cc(Cl)cc(Cl)c3n2)c1C. The van der Waals surface area contributed by atoms with Crippen molar-refractivity contribution in [2.24, 2.45) is 0 Å². The molecule has 0 fully saturated rings. The van der Waals surface area contributed by atoms with Crippen molar-refractivity contribution in [2.75, 3.05) is 0 Å². The number of hydrogen-bond acceptors (Lipinski definition) is 2. The summed E-state index contributed by atoms with van der Waals surface area (Å²) in [6.07, 6.45) is 0. The molecule has 0 aliphatic heterocycles. The lowest BCUT2D eigenvalue weighted by molar-refractivity contribution is 1.20. The van der Waals surface area contributed by atoms with Crippen LogP contribution < -0.4 is 0 Å². The number of aromatic nitrogens is 2. The Balaban J connectivity index is 2.33. The van der Waals surface area contributed by atoms with Gasteiger partial charge < -0.3 is 0 Å². The van der Waals surface area contributed by atoms with Crippen LogP contribution in [0.3, 0.4) is 0 Å². The van der Waals surface area contributed by atoms with E-state index in [2.05, 4.69) is 9.97 Å². The topological polar surface area (TPSA) is 25.8 Å². The van der Waals surface area contributed by atoms with Crippen LogP contribution in [-0.2, 0) is 0 Å². The third kappa shape index (κ3) is 2.59. The number of fused-ring (bicyclic) bond motifs is 1. The van der Waals surface area contributed by atoms with Crippen LogP contribution in [0.4, 0.5) is 0 Å². The highest BCUT2D eigenvalue weighted by Gasteiger charge is 2.13. The van der Waals surface area contributed by atoms with Crippen LogP contribution in [0.25, 0.3) is 22.3 Å². The lowest BCUT2D eigenvalue weighted by Gasteiger charge is -2.10. The van der Waals surface area contributed by atoms with Crippen molar-refractivity contribution in [3.05, 3.63) is 56.7 Å². The van der Waals surface area contributed by atoms with E-state index in [9.17, 15) is 0 Å². The highest BCUT2D eigenvalue weighted by Crippen LogP contribution is 2.33. The van der Waals surface area contributed by atoms with Crippen molar-refractivity contribution in [3.63, 3.8) is 0 Å². The monoisotopic (exact) mass is 336 g/mol. The molecule has 5 heteroatoms. The summed E-state index contributed by atoms with van der Waals surface area (Å²) in [4.78, 5) is 8.96. The zero-order valence-corrected chi connectivity index (χ0v) is 13.7. The number of hydrogen-bond donors (Lipinski definition) is 0. The third-order valence-electron chi connectivity index (χ3n) is 3.52. The van der Waals surface area contributed by atoms with Gasteiger partial charge in [-0.2, -0.15) is 0 Å². The molecule has 2 nitrogen and oxygen atoms in total. The standard InChI is InChI=1S/C16H11Cl3N2/c1-8-4-3-5-11(9(8)2)16-20-14-12(15(19)21-16)6-10(17)7-13(14)18/h3-7H,1-2H3. The van der Waals surface area contributed by atoms with Gasteiger partial charge in [0, 0.05) is 16.0 Å². The summed E-state index contributed by atoms with van der Waals surface area (Å²) >= 11 is 18.5. The molecule has 0 N–H and O–H groups in total. The van der Waals surface area contributed by atoms with E-state index in [1.54, 1.807) is 12.1 Å². The number of nitrogens with zero attached hydrogens (tertiary/aromatic N) is 2. The molecule has 1 aromatic heterocycles. The van der Waals surface area contributed by atoms with Crippen molar-refractivity contribution in [2.45, 2.75) is 13.8 Å². The second-order valence-electron chi connectivity index (χ2n) is 4.87. The minimum atomic E-state index is 0.348. The molecule has 3 rings (SSSR count). The molecule has 0 radical (unpaired) electrons. The van der Waals surface area contributed by atoms with Crippen molar-refractivity contribution >= 4 is 45.7 Å². The highest BCUT2D eigenvalue weighted by atomic mass is 35.5. The van der Waals surface area contributed by atoms with Crippen LogP contribution >= 0.6 is 34.8 Å². The average molecular weight is 338 g/mol. The minimum absolute atomic E-state index is 0.348. The largest absolute Gasteiger partial charge is 0.226 e. The van der Waals surface area contributed by atoms with Gasteiger partial charge in [0.15, 0.2) is 5.82 Å². The molecule has 0 bridgehead atoms. The second-order valence-corrected chi connectivity index (χ2v) is 6.07. The molecule has 106 valence electrons. The zero-order chi connectivity index (χ0) is 15.1.